The molecule has 0 amide bonds. The average Bonchev–Trinajstić information content (AvgIpc) is 2.30. The van der Waals surface area contributed by atoms with Crippen LogP contribution in [0.1, 0.15) is 24.8 Å². The van der Waals surface area contributed by atoms with Crippen LogP contribution in [0.3, 0.4) is 0 Å². The summed E-state index contributed by atoms with van der Waals surface area (Å²) in [4.78, 5) is 2.51. The van der Waals surface area contributed by atoms with Gasteiger partial charge in [0.25, 0.3) is 0 Å². The fourth-order valence-corrected chi connectivity index (χ4v) is 2.45. The third-order valence-electron chi connectivity index (χ3n) is 3.32. The van der Waals surface area contributed by atoms with Gasteiger partial charge in [0.2, 0.25) is 0 Å². The van der Waals surface area contributed by atoms with Crippen molar-refractivity contribution < 1.29 is 0 Å². The highest BCUT2D eigenvalue weighted by Crippen LogP contribution is 2.10. The van der Waals surface area contributed by atoms with Gasteiger partial charge in [0.05, 0.1) is 0 Å². The number of benzene rings is 1. The van der Waals surface area contributed by atoms with Gasteiger partial charge in [-0.1, -0.05) is 30.3 Å². The molecule has 0 aliphatic carbocycles. The quantitative estimate of drug-likeness (QED) is 0.838. The van der Waals surface area contributed by atoms with E-state index in [0.717, 1.165) is 6.54 Å². The summed E-state index contributed by atoms with van der Waals surface area (Å²) in [7, 11) is 0. The molecule has 2 N–H and O–H groups in total. The Hall–Kier alpha value is -0.860. The predicted molar refractivity (Wildman–Crippen MR) is 68.4 cm³/mol. The maximum Gasteiger partial charge on any atom is 0.0168 e. The van der Waals surface area contributed by atoms with E-state index >= 15 is 0 Å². The number of hydrogen-bond acceptors (Lipinski definition) is 2. The van der Waals surface area contributed by atoms with Crippen molar-refractivity contribution in [3.63, 3.8) is 0 Å². The zero-order valence-corrected chi connectivity index (χ0v) is 9.94. The van der Waals surface area contributed by atoms with Gasteiger partial charge in [-0.25, -0.2) is 0 Å². The summed E-state index contributed by atoms with van der Waals surface area (Å²) in [6, 6.07) is 11.1. The van der Waals surface area contributed by atoms with E-state index in [1.54, 1.807) is 0 Å². The minimum absolute atomic E-state index is 0.408. The van der Waals surface area contributed by atoms with Crippen LogP contribution in [0.25, 0.3) is 0 Å². The molecule has 88 valence electrons. The van der Waals surface area contributed by atoms with Crippen molar-refractivity contribution in [1.29, 1.82) is 0 Å². The molecule has 1 atom stereocenters. The monoisotopic (exact) mass is 218 g/mol. The van der Waals surface area contributed by atoms with Gasteiger partial charge in [0, 0.05) is 12.6 Å². The number of aryl methyl sites for hydroxylation is 1. The molecular weight excluding hydrogens is 196 g/mol. The van der Waals surface area contributed by atoms with Crippen LogP contribution in [0.4, 0.5) is 0 Å². The van der Waals surface area contributed by atoms with Crippen molar-refractivity contribution in [1.82, 2.24) is 4.90 Å². The molecule has 1 aromatic carbocycles. The Balaban J connectivity index is 1.68. The van der Waals surface area contributed by atoms with Gasteiger partial charge in [0.1, 0.15) is 0 Å². The van der Waals surface area contributed by atoms with Crippen LogP contribution in [0.15, 0.2) is 30.3 Å². The van der Waals surface area contributed by atoms with E-state index < -0.39 is 0 Å². The number of nitrogens with zero attached hydrogens (tertiary/aromatic N) is 1. The second kappa shape index (κ2) is 6.02. The number of hydrogen-bond donors (Lipinski definition) is 1. The standard InChI is InChI=1S/C14H22N2/c15-14-9-5-11-16(12-14)10-4-8-13-6-2-1-3-7-13/h1-3,6-7,14H,4-5,8-12,15H2/t14-/m1/s1. The molecule has 0 radical (unpaired) electrons. The summed E-state index contributed by atoms with van der Waals surface area (Å²) in [5.41, 5.74) is 7.41. The Morgan fingerprint density at radius 2 is 2.06 bits per heavy atom. The topological polar surface area (TPSA) is 29.3 Å². The molecule has 0 bridgehead atoms. The van der Waals surface area contributed by atoms with Crippen LogP contribution >= 0.6 is 0 Å². The van der Waals surface area contributed by atoms with Crippen molar-refractivity contribution in [3.8, 4) is 0 Å². The van der Waals surface area contributed by atoms with Gasteiger partial charge in [-0.15, -0.1) is 0 Å². The fraction of sp³-hybridized carbons (Fsp3) is 0.571. The molecule has 0 spiro atoms. The number of piperidine rings is 1. The Morgan fingerprint density at radius 1 is 1.25 bits per heavy atom. The van der Waals surface area contributed by atoms with Gasteiger partial charge >= 0.3 is 0 Å². The summed E-state index contributed by atoms with van der Waals surface area (Å²) in [6.45, 7) is 3.53. The molecule has 0 unspecified atom stereocenters. The predicted octanol–water partition coefficient (Wildman–Crippen LogP) is 2.04. The number of rotatable bonds is 4. The maximum absolute atomic E-state index is 5.97. The molecule has 1 heterocycles. The minimum Gasteiger partial charge on any atom is -0.327 e. The summed E-state index contributed by atoms with van der Waals surface area (Å²) in [5.74, 6) is 0. The molecule has 1 saturated heterocycles. The lowest BCUT2D eigenvalue weighted by Crippen LogP contribution is -2.43. The highest BCUT2D eigenvalue weighted by Gasteiger charge is 2.15. The number of likely N-dealkylation sites (tertiary alicyclic amines) is 1. The fourth-order valence-electron chi connectivity index (χ4n) is 2.45. The first kappa shape index (κ1) is 11.6. The lowest BCUT2D eigenvalue weighted by molar-refractivity contribution is 0.207. The highest BCUT2D eigenvalue weighted by atomic mass is 15.1. The average molecular weight is 218 g/mol. The second-order valence-electron chi connectivity index (χ2n) is 4.79. The van der Waals surface area contributed by atoms with Crippen LogP contribution in [0.5, 0.6) is 0 Å². The lowest BCUT2D eigenvalue weighted by atomic mass is 10.1. The lowest BCUT2D eigenvalue weighted by Gasteiger charge is -2.30. The normalized spacial score (nSPS) is 22.2. The van der Waals surface area contributed by atoms with Crippen LogP contribution in [-0.2, 0) is 6.42 Å². The van der Waals surface area contributed by atoms with Crippen molar-refractivity contribution in [2.75, 3.05) is 19.6 Å². The molecule has 1 aromatic rings. The molecule has 0 saturated carbocycles. The highest BCUT2D eigenvalue weighted by molar-refractivity contribution is 5.14. The first-order valence-corrected chi connectivity index (χ1v) is 6.36. The Labute approximate surface area is 98.4 Å². The van der Waals surface area contributed by atoms with Crippen molar-refractivity contribution in [2.45, 2.75) is 31.7 Å². The van der Waals surface area contributed by atoms with E-state index in [1.165, 1.54) is 44.3 Å². The van der Waals surface area contributed by atoms with E-state index in [4.69, 9.17) is 5.73 Å². The molecule has 2 nitrogen and oxygen atoms in total. The molecule has 16 heavy (non-hydrogen) atoms. The van der Waals surface area contributed by atoms with Crippen LogP contribution in [-0.4, -0.2) is 30.6 Å². The molecule has 0 aromatic heterocycles. The molecule has 1 fully saturated rings. The zero-order valence-electron chi connectivity index (χ0n) is 9.94. The molecule has 2 rings (SSSR count). The first-order valence-electron chi connectivity index (χ1n) is 6.36. The molecule has 1 aliphatic rings. The van der Waals surface area contributed by atoms with E-state index in [-0.39, 0.29) is 0 Å². The molecule has 1 aliphatic heterocycles. The minimum atomic E-state index is 0.408. The van der Waals surface area contributed by atoms with Gasteiger partial charge in [-0.3, -0.25) is 0 Å². The van der Waals surface area contributed by atoms with Gasteiger partial charge in [-0.05, 0) is 44.3 Å². The van der Waals surface area contributed by atoms with E-state index in [0.29, 0.717) is 6.04 Å². The number of nitrogens with two attached hydrogens (primary N) is 1. The summed E-state index contributed by atoms with van der Waals surface area (Å²) >= 11 is 0. The summed E-state index contributed by atoms with van der Waals surface area (Å²) < 4.78 is 0. The summed E-state index contributed by atoms with van der Waals surface area (Å²) in [5, 5.41) is 0. The second-order valence-corrected chi connectivity index (χ2v) is 4.79. The van der Waals surface area contributed by atoms with E-state index in [9.17, 15) is 0 Å². The SMILES string of the molecule is N[C@@H]1CCCN(CCCc2ccccc2)C1. The smallest absolute Gasteiger partial charge is 0.0168 e. The van der Waals surface area contributed by atoms with E-state index in [2.05, 4.69) is 35.2 Å². The third kappa shape index (κ3) is 3.62. The van der Waals surface area contributed by atoms with Crippen LogP contribution in [0, 0.1) is 0 Å². The summed E-state index contributed by atoms with van der Waals surface area (Å²) in [6.07, 6.45) is 4.91. The first-order chi connectivity index (χ1) is 7.84. The molecule has 2 heteroatoms. The Bertz CT molecular complexity index is 297. The Morgan fingerprint density at radius 3 is 2.81 bits per heavy atom. The maximum atomic E-state index is 5.97. The van der Waals surface area contributed by atoms with Crippen LogP contribution < -0.4 is 5.73 Å². The third-order valence-corrected chi connectivity index (χ3v) is 3.32. The van der Waals surface area contributed by atoms with E-state index in [1.807, 2.05) is 0 Å². The zero-order chi connectivity index (χ0) is 11.2. The van der Waals surface area contributed by atoms with Gasteiger partial charge in [0.15, 0.2) is 0 Å². The van der Waals surface area contributed by atoms with Crippen molar-refractivity contribution in [3.05, 3.63) is 35.9 Å². The molecular formula is C14H22N2. The largest absolute Gasteiger partial charge is 0.327 e. The van der Waals surface area contributed by atoms with Gasteiger partial charge in [-0.2, -0.15) is 0 Å². The Kier molecular flexibility index (Phi) is 4.37. The van der Waals surface area contributed by atoms with Crippen molar-refractivity contribution in [2.24, 2.45) is 5.73 Å². The van der Waals surface area contributed by atoms with Gasteiger partial charge < -0.3 is 10.6 Å². The van der Waals surface area contributed by atoms with Crippen molar-refractivity contribution >= 4 is 0 Å². The van der Waals surface area contributed by atoms with Crippen LogP contribution in [0.2, 0.25) is 0 Å².